The highest BCUT2D eigenvalue weighted by Crippen LogP contribution is 2.38. The third kappa shape index (κ3) is 4.71. The molecule has 0 aliphatic carbocycles. The third-order valence-corrected chi connectivity index (χ3v) is 7.33. The van der Waals surface area contributed by atoms with Gasteiger partial charge in [0.2, 0.25) is 0 Å². The molecule has 1 aliphatic heterocycles. The number of ether oxygens (including phenoxy) is 2. The van der Waals surface area contributed by atoms with Gasteiger partial charge in [0.15, 0.2) is 6.61 Å². The smallest absolute Gasteiger partial charge is 0.262 e. The average molecular weight is 482 g/mol. The lowest BCUT2D eigenvalue weighted by atomic mass is 10.1. The number of carbonyl (C=O) groups is 2. The maximum atomic E-state index is 12.7. The second-order valence-electron chi connectivity index (χ2n) is 7.85. The van der Waals surface area contributed by atoms with Crippen molar-refractivity contribution >= 4 is 60.5 Å². The first-order valence-corrected chi connectivity index (χ1v) is 12.5. The number of fused-ring (bicyclic) bond motifs is 3. The summed E-state index contributed by atoms with van der Waals surface area (Å²) >= 11 is 3.21. The zero-order valence-electron chi connectivity index (χ0n) is 18.1. The molecule has 2 aromatic carbocycles. The Morgan fingerprint density at radius 2 is 2.15 bits per heavy atom. The number of hydrogen-bond acceptors (Lipinski definition) is 7. The van der Waals surface area contributed by atoms with E-state index in [2.05, 4.69) is 15.6 Å². The van der Waals surface area contributed by atoms with Crippen molar-refractivity contribution in [3.8, 4) is 5.75 Å². The summed E-state index contributed by atoms with van der Waals surface area (Å²) in [6, 6.07) is 10.9. The van der Waals surface area contributed by atoms with Gasteiger partial charge in [0, 0.05) is 24.6 Å². The predicted molar refractivity (Wildman–Crippen MR) is 132 cm³/mol. The van der Waals surface area contributed by atoms with Crippen LogP contribution >= 0.6 is 22.7 Å². The minimum atomic E-state index is -0.335. The number of nitrogens with zero attached hydrogens (tertiary/aromatic N) is 1. The molecule has 170 valence electrons. The van der Waals surface area contributed by atoms with Crippen LogP contribution in [0.25, 0.3) is 20.3 Å². The van der Waals surface area contributed by atoms with E-state index in [9.17, 15) is 9.59 Å². The lowest BCUT2D eigenvalue weighted by Gasteiger charge is -2.14. The van der Waals surface area contributed by atoms with E-state index in [1.54, 1.807) is 46.9 Å². The summed E-state index contributed by atoms with van der Waals surface area (Å²) in [4.78, 5) is 30.0. The summed E-state index contributed by atoms with van der Waals surface area (Å²) in [6.45, 7) is 3.01. The molecule has 1 fully saturated rings. The molecule has 7 nitrogen and oxygen atoms in total. The van der Waals surface area contributed by atoms with E-state index in [0.29, 0.717) is 23.5 Å². The van der Waals surface area contributed by atoms with Crippen LogP contribution in [-0.2, 0) is 9.53 Å². The maximum Gasteiger partial charge on any atom is 0.262 e. The molecule has 1 unspecified atom stereocenters. The van der Waals surface area contributed by atoms with Gasteiger partial charge in [-0.25, -0.2) is 4.98 Å². The standard InChI is InChI=1S/C24H23N3O4S2/c1-14-26-22-20(33-14)11-19(17-8-10-32-23(17)22)31-13-21(28)27-18-7-3-2-6-16(18)24(29)25-12-15-5-4-9-30-15/h2-3,6-8,10-11,15H,4-5,9,12-13H2,1H3,(H,25,29)(H,27,28). The molecule has 0 radical (unpaired) electrons. The highest BCUT2D eigenvalue weighted by molar-refractivity contribution is 7.21. The molecular weight excluding hydrogens is 458 g/mol. The van der Waals surface area contributed by atoms with Crippen molar-refractivity contribution in [2.75, 3.05) is 25.1 Å². The number of carbonyl (C=O) groups excluding carboxylic acids is 2. The van der Waals surface area contributed by atoms with E-state index < -0.39 is 0 Å². The van der Waals surface area contributed by atoms with Crippen LogP contribution < -0.4 is 15.4 Å². The molecule has 1 atom stereocenters. The molecule has 1 saturated heterocycles. The second-order valence-corrected chi connectivity index (χ2v) is 10.00. The van der Waals surface area contributed by atoms with Crippen LogP contribution in [0.2, 0.25) is 0 Å². The molecular formula is C24H23N3O4S2. The average Bonchev–Trinajstić information content (AvgIpc) is 3.56. The van der Waals surface area contributed by atoms with E-state index in [0.717, 1.165) is 44.8 Å². The number of nitrogens with one attached hydrogen (secondary N) is 2. The maximum absolute atomic E-state index is 12.7. The number of benzene rings is 2. The summed E-state index contributed by atoms with van der Waals surface area (Å²) in [5, 5.41) is 9.64. The van der Waals surface area contributed by atoms with Crippen LogP contribution in [0.3, 0.4) is 0 Å². The van der Waals surface area contributed by atoms with Gasteiger partial charge in [0.25, 0.3) is 11.8 Å². The zero-order valence-corrected chi connectivity index (χ0v) is 19.7. The van der Waals surface area contributed by atoms with Crippen LogP contribution in [0.1, 0.15) is 28.2 Å². The van der Waals surface area contributed by atoms with Crippen molar-refractivity contribution in [3.05, 3.63) is 52.3 Å². The number of anilines is 1. The Morgan fingerprint density at radius 1 is 1.27 bits per heavy atom. The van der Waals surface area contributed by atoms with Crippen LogP contribution in [0.4, 0.5) is 5.69 Å². The monoisotopic (exact) mass is 481 g/mol. The fraction of sp³-hybridized carbons (Fsp3) is 0.292. The van der Waals surface area contributed by atoms with Crippen LogP contribution in [0, 0.1) is 6.92 Å². The summed E-state index contributed by atoms with van der Waals surface area (Å²) in [5.41, 5.74) is 1.83. The van der Waals surface area contributed by atoms with E-state index >= 15 is 0 Å². The van der Waals surface area contributed by atoms with Crippen molar-refractivity contribution in [1.82, 2.24) is 10.3 Å². The van der Waals surface area contributed by atoms with Crippen molar-refractivity contribution in [3.63, 3.8) is 0 Å². The van der Waals surface area contributed by atoms with Gasteiger partial charge in [-0.15, -0.1) is 22.7 Å². The van der Waals surface area contributed by atoms with Crippen molar-refractivity contribution in [1.29, 1.82) is 0 Å². The normalized spacial score (nSPS) is 15.7. The molecule has 5 rings (SSSR count). The Bertz CT molecular complexity index is 1320. The van der Waals surface area contributed by atoms with E-state index in [1.807, 2.05) is 24.4 Å². The van der Waals surface area contributed by atoms with Gasteiger partial charge in [0.1, 0.15) is 5.75 Å². The summed E-state index contributed by atoms with van der Waals surface area (Å²) in [7, 11) is 0. The van der Waals surface area contributed by atoms with Gasteiger partial charge in [-0.2, -0.15) is 0 Å². The molecule has 0 saturated carbocycles. The summed E-state index contributed by atoms with van der Waals surface area (Å²) in [5.74, 6) is 0.0757. The molecule has 33 heavy (non-hydrogen) atoms. The Kier molecular flexibility index (Phi) is 6.26. The largest absolute Gasteiger partial charge is 0.483 e. The number of aromatic nitrogens is 1. The number of thiazole rings is 1. The Morgan fingerprint density at radius 3 is 3.00 bits per heavy atom. The highest BCUT2D eigenvalue weighted by atomic mass is 32.1. The number of hydrogen-bond donors (Lipinski definition) is 2. The molecule has 2 amide bonds. The van der Waals surface area contributed by atoms with E-state index in [4.69, 9.17) is 9.47 Å². The first-order valence-electron chi connectivity index (χ1n) is 10.8. The van der Waals surface area contributed by atoms with Gasteiger partial charge < -0.3 is 20.1 Å². The molecule has 2 N–H and O–H groups in total. The molecule has 1 aliphatic rings. The highest BCUT2D eigenvalue weighted by Gasteiger charge is 2.19. The summed E-state index contributed by atoms with van der Waals surface area (Å²) in [6.07, 6.45) is 2.01. The molecule has 4 aromatic rings. The summed E-state index contributed by atoms with van der Waals surface area (Å²) < 4.78 is 13.5. The van der Waals surface area contributed by atoms with Gasteiger partial charge >= 0.3 is 0 Å². The van der Waals surface area contributed by atoms with Gasteiger partial charge in [0.05, 0.1) is 37.3 Å². The van der Waals surface area contributed by atoms with E-state index in [1.165, 1.54) is 0 Å². The first-order chi connectivity index (χ1) is 16.1. The number of rotatable bonds is 7. The lowest BCUT2D eigenvalue weighted by Crippen LogP contribution is -2.32. The molecule has 0 spiro atoms. The van der Waals surface area contributed by atoms with Gasteiger partial charge in [-0.05, 0) is 43.3 Å². The molecule has 3 heterocycles. The molecule has 9 heteroatoms. The molecule has 0 bridgehead atoms. The number of amides is 2. The lowest BCUT2D eigenvalue weighted by molar-refractivity contribution is -0.118. The van der Waals surface area contributed by atoms with Crippen molar-refractivity contribution in [2.45, 2.75) is 25.9 Å². The number of thiophene rings is 1. The number of para-hydroxylation sites is 1. The van der Waals surface area contributed by atoms with Crippen molar-refractivity contribution < 1.29 is 19.1 Å². The van der Waals surface area contributed by atoms with Crippen LogP contribution in [0.5, 0.6) is 5.75 Å². The van der Waals surface area contributed by atoms with Crippen LogP contribution in [0.15, 0.2) is 41.8 Å². The Balaban J connectivity index is 1.26. The fourth-order valence-electron chi connectivity index (χ4n) is 3.93. The topological polar surface area (TPSA) is 89.5 Å². The SMILES string of the molecule is Cc1nc2c(cc(OCC(=O)Nc3ccccc3C(=O)NCC3CCCO3)c3ccsc32)s1. The third-order valence-electron chi connectivity index (χ3n) is 5.49. The Hall–Kier alpha value is -3.01. The minimum absolute atomic E-state index is 0.0534. The van der Waals surface area contributed by atoms with Gasteiger partial charge in [-0.3, -0.25) is 9.59 Å². The van der Waals surface area contributed by atoms with Crippen molar-refractivity contribution in [2.24, 2.45) is 0 Å². The fourth-order valence-corrected chi connectivity index (χ4v) is 5.77. The quantitative estimate of drug-likeness (QED) is 0.398. The van der Waals surface area contributed by atoms with E-state index in [-0.39, 0.29) is 24.5 Å². The second kappa shape index (κ2) is 9.46. The first kappa shape index (κ1) is 21.8. The van der Waals surface area contributed by atoms with Gasteiger partial charge in [-0.1, -0.05) is 12.1 Å². The Labute approximate surface area is 198 Å². The zero-order chi connectivity index (χ0) is 22.8. The van der Waals surface area contributed by atoms with Crippen LogP contribution in [-0.4, -0.2) is 42.7 Å². The minimum Gasteiger partial charge on any atom is -0.483 e. The number of aryl methyl sites for hydroxylation is 1. The predicted octanol–water partition coefficient (Wildman–Crippen LogP) is 4.75. The molecule has 2 aromatic heterocycles.